The fourth-order valence-electron chi connectivity index (χ4n) is 17.4. The van der Waals surface area contributed by atoms with Crippen molar-refractivity contribution in [1.82, 2.24) is 19.5 Å². The molecule has 0 radical (unpaired) electrons. The first kappa shape index (κ1) is 76.9. The number of fused-ring (bicyclic) bond motifs is 7. The van der Waals surface area contributed by atoms with Crippen LogP contribution in [0.5, 0.6) is 0 Å². The predicted molar refractivity (Wildman–Crippen MR) is 498 cm³/mol. The van der Waals surface area contributed by atoms with E-state index in [1.165, 1.54) is 71.6 Å². The Morgan fingerprint density at radius 1 is 0.276 bits per heavy atom. The minimum atomic E-state index is -0.332. The highest BCUT2D eigenvalue weighted by Gasteiger charge is 2.45. The summed E-state index contributed by atoms with van der Waals surface area (Å²) in [6.07, 6.45) is 0. The second kappa shape index (κ2) is 28.1. The Morgan fingerprint density at radius 2 is 0.664 bits per heavy atom. The molecule has 15 aromatic rings. The average molecular weight is 1510 g/mol. The van der Waals surface area contributed by atoms with Crippen molar-refractivity contribution in [3.63, 3.8) is 0 Å². The predicted octanol–water partition coefficient (Wildman–Crippen LogP) is 27.7. The molecule has 13 aromatic carbocycles. The second-order valence-electron chi connectivity index (χ2n) is 39.9. The highest BCUT2D eigenvalue weighted by Crippen LogP contribution is 2.56. The molecular formula is C109H109BN6. The van der Waals surface area contributed by atoms with E-state index in [0.717, 1.165) is 112 Å². The van der Waals surface area contributed by atoms with Gasteiger partial charge < -0.3 is 14.8 Å². The highest BCUT2D eigenvalue weighted by atomic mass is 15.2. The molecule has 0 spiro atoms. The van der Waals surface area contributed by atoms with Gasteiger partial charge in [-0.3, -0.25) is 0 Å². The molecule has 0 aliphatic carbocycles. The van der Waals surface area contributed by atoms with Gasteiger partial charge in [-0.15, -0.1) is 0 Å². The van der Waals surface area contributed by atoms with Crippen molar-refractivity contribution in [3.8, 4) is 95.5 Å². The Labute approximate surface area is 689 Å². The summed E-state index contributed by atoms with van der Waals surface area (Å²) >= 11 is 0. The van der Waals surface area contributed by atoms with Gasteiger partial charge in [0.2, 0.25) is 0 Å². The molecule has 578 valence electrons. The lowest BCUT2D eigenvalue weighted by Crippen LogP contribution is -2.60. The van der Waals surface area contributed by atoms with Gasteiger partial charge in [0.05, 0.1) is 16.7 Å². The largest absolute Gasteiger partial charge is 0.356 e. The normalized spacial score (nSPS) is 13.2. The van der Waals surface area contributed by atoms with Crippen LogP contribution in [0.15, 0.2) is 273 Å². The Balaban J connectivity index is 1.06. The first-order valence-corrected chi connectivity index (χ1v) is 41.7. The fourth-order valence-corrected chi connectivity index (χ4v) is 17.4. The maximum absolute atomic E-state index is 5.77. The van der Waals surface area contributed by atoms with Crippen molar-refractivity contribution >= 4 is 73.3 Å². The van der Waals surface area contributed by atoms with Crippen LogP contribution in [0.2, 0.25) is 0 Å². The Morgan fingerprint density at radius 3 is 1.11 bits per heavy atom. The fraction of sp³-hybridized carbons (Fsp3) is 0.257. The Hall–Kier alpha value is -11.7. The van der Waals surface area contributed by atoms with Gasteiger partial charge in [-0.05, 0) is 199 Å². The summed E-state index contributed by atoms with van der Waals surface area (Å²) < 4.78 is 2.56. The molecular weight excluding hydrogens is 1400 g/mol. The van der Waals surface area contributed by atoms with E-state index >= 15 is 0 Å². The van der Waals surface area contributed by atoms with Crippen LogP contribution < -0.4 is 26.6 Å². The van der Waals surface area contributed by atoms with Crippen LogP contribution in [-0.2, 0) is 37.9 Å². The third-order valence-corrected chi connectivity index (χ3v) is 24.3. The van der Waals surface area contributed by atoms with Crippen LogP contribution in [0.4, 0.5) is 28.4 Å². The van der Waals surface area contributed by atoms with Gasteiger partial charge in [-0.25, -0.2) is 15.0 Å². The quantitative estimate of drug-likeness (QED) is 0.138. The molecule has 7 heteroatoms. The Bertz CT molecular complexity index is 6140. The summed E-state index contributed by atoms with van der Waals surface area (Å²) in [5, 5.41) is 7.08. The van der Waals surface area contributed by atoms with Crippen LogP contribution in [0.3, 0.4) is 0 Å². The SMILES string of the molecule is CC(C)(C)c1cc(-c2ccc3c(c2-c2c(-c4ccccc4)cc(C(C)(C)C)cc2-c2nc(-c4ccccc4)nc(-c4ccccc4)n2)Nc2cc(C(C)(C)C)cc4c2B3c2ccc(-n3c5ccc(C(C)(C)C)cc5c5cc(C(C)(C)C)ccc53)cc2N4c2c(-c3ccccc3)cc(C(C)(C)C)cc2-c2ccccc2)cc(C(C)(C)C)c1. The van der Waals surface area contributed by atoms with Crippen molar-refractivity contribution in [1.29, 1.82) is 0 Å². The number of benzene rings is 13. The third-order valence-electron chi connectivity index (χ3n) is 24.3. The molecule has 0 saturated heterocycles. The van der Waals surface area contributed by atoms with E-state index in [1.807, 2.05) is 0 Å². The van der Waals surface area contributed by atoms with E-state index in [1.54, 1.807) is 0 Å². The van der Waals surface area contributed by atoms with Crippen LogP contribution in [0.1, 0.15) is 184 Å². The summed E-state index contributed by atoms with van der Waals surface area (Å²) in [5.41, 5.74) is 33.8. The molecule has 0 unspecified atom stereocenters. The van der Waals surface area contributed by atoms with Crippen LogP contribution in [-0.4, -0.2) is 26.2 Å². The van der Waals surface area contributed by atoms with Gasteiger partial charge in [0.1, 0.15) is 0 Å². The molecule has 0 atom stereocenters. The van der Waals surface area contributed by atoms with Crippen molar-refractivity contribution in [3.05, 3.63) is 312 Å². The van der Waals surface area contributed by atoms with Crippen molar-refractivity contribution in [2.24, 2.45) is 0 Å². The number of hydrogen-bond acceptors (Lipinski definition) is 5. The topological polar surface area (TPSA) is 58.9 Å². The summed E-state index contributed by atoms with van der Waals surface area (Å²) in [4.78, 5) is 19.6. The monoisotopic (exact) mass is 1510 g/mol. The molecule has 2 aliphatic rings. The minimum absolute atomic E-state index is 0.0764. The van der Waals surface area contributed by atoms with Gasteiger partial charge in [0, 0.05) is 78.2 Å². The number of aromatic nitrogens is 4. The minimum Gasteiger partial charge on any atom is -0.356 e. The van der Waals surface area contributed by atoms with Crippen LogP contribution >= 0.6 is 0 Å². The first-order chi connectivity index (χ1) is 54.9. The highest BCUT2D eigenvalue weighted by molar-refractivity contribution is 7.00. The van der Waals surface area contributed by atoms with E-state index in [4.69, 9.17) is 15.0 Å². The zero-order valence-electron chi connectivity index (χ0n) is 71.8. The Kier molecular flexibility index (Phi) is 18.6. The molecule has 2 aliphatic heterocycles. The van der Waals surface area contributed by atoms with Crippen LogP contribution in [0, 0.1) is 0 Å². The van der Waals surface area contributed by atoms with E-state index in [9.17, 15) is 0 Å². The molecule has 0 bridgehead atoms. The lowest BCUT2D eigenvalue weighted by molar-refractivity contribution is 0.569. The lowest BCUT2D eigenvalue weighted by Gasteiger charge is -2.44. The average Bonchev–Trinajstić information content (AvgIpc) is 0.917. The van der Waals surface area contributed by atoms with Gasteiger partial charge in [-0.2, -0.15) is 0 Å². The second-order valence-corrected chi connectivity index (χ2v) is 39.9. The van der Waals surface area contributed by atoms with Gasteiger partial charge >= 0.3 is 0 Å². The summed E-state index contributed by atoms with van der Waals surface area (Å²) in [6.45, 7) is 49.0. The lowest BCUT2D eigenvalue weighted by atomic mass is 9.33. The summed E-state index contributed by atoms with van der Waals surface area (Å²) in [7, 11) is 0. The molecule has 4 heterocycles. The molecule has 0 saturated carbocycles. The number of anilines is 5. The molecule has 2 aromatic heterocycles. The number of nitrogens with zero attached hydrogens (tertiary/aromatic N) is 5. The van der Waals surface area contributed by atoms with Crippen LogP contribution in [0.25, 0.3) is 117 Å². The van der Waals surface area contributed by atoms with Gasteiger partial charge in [-0.1, -0.05) is 346 Å². The smallest absolute Gasteiger partial charge is 0.252 e. The summed E-state index contributed by atoms with van der Waals surface area (Å²) in [6, 6.07) is 104. The molecule has 116 heavy (non-hydrogen) atoms. The van der Waals surface area contributed by atoms with E-state index in [0.29, 0.717) is 17.5 Å². The maximum Gasteiger partial charge on any atom is 0.252 e. The number of hydrogen-bond donors (Lipinski definition) is 1. The molecule has 6 nitrogen and oxygen atoms in total. The first-order valence-electron chi connectivity index (χ1n) is 41.7. The summed E-state index contributed by atoms with van der Waals surface area (Å²) in [5.74, 6) is 1.80. The molecule has 0 amide bonds. The zero-order valence-corrected chi connectivity index (χ0v) is 71.8. The molecule has 0 fully saturated rings. The van der Waals surface area contributed by atoms with E-state index < -0.39 is 0 Å². The zero-order chi connectivity index (χ0) is 81.7. The van der Waals surface area contributed by atoms with E-state index in [-0.39, 0.29) is 44.6 Å². The maximum atomic E-state index is 5.77. The number of rotatable bonds is 10. The van der Waals surface area contributed by atoms with Crippen molar-refractivity contribution in [2.75, 3.05) is 10.2 Å². The van der Waals surface area contributed by atoms with Crippen molar-refractivity contribution in [2.45, 2.75) is 183 Å². The van der Waals surface area contributed by atoms with Crippen molar-refractivity contribution < 1.29 is 0 Å². The molecule has 17 rings (SSSR count). The molecule has 1 N–H and O–H groups in total. The van der Waals surface area contributed by atoms with Gasteiger partial charge in [0.25, 0.3) is 6.71 Å². The third kappa shape index (κ3) is 14.0. The van der Waals surface area contributed by atoms with E-state index in [2.05, 4.69) is 433 Å². The van der Waals surface area contributed by atoms with Gasteiger partial charge in [0.15, 0.2) is 17.5 Å². The standard InChI is InChI=1S/C109H109BN6/c1-103(2,3)73-47-53-91-85(58-73)86-59-74(104(4,5)6)48-54-92(86)115(91)80-49-51-88-93(66-80)116(99-83(68-39-29-23-30-40-68)61-78(108(16,17)18)62-84(99)69-41-31-24-32-42-69)94-65-79(109(19,20)21)64-90-97(94)110(88)89-52-50-81(72-55-75(105(7,8)9)57-76(56-72)106(10,11)12)96(98(89)111-90)95-82(67-37-27-22-28-38-67)60-77(107(13,14)15)63-87(95)102-113-100(70-43-33-25-34-44-70)112-101(114-102)71-45-35-26-36-46-71/h22-66,111H,1-21H3. The number of nitrogens with one attached hydrogen (secondary N) is 1.